The molecule has 0 saturated heterocycles. The topological polar surface area (TPSA) is 52.6 Å². The number of benzene rings is 1. The zero-order valence-corrected chi connectivity index (χ0v) is 10.6. The molecule has 0 aliphatic carbocycles. The molecule has 1 unspecified atom stereocenters. The fraction of sp³-hybridized carbons (Fsp3) is 0.462. The first-order chi connectivity index (χ1) is 8.06. The van der Waals surface area contributed by atoms with Gasteiger partial charge in [0.05, 0.1) is 18.7 Å². The van der Waals surface area contributed by atoms with E-state index in [1.165, 1.54) is 0 Å². The molecule has 0 aromatic heterocycles. The molecule has 1 aromatic rings. The molecule has 1 rings (SSSR count). The molecule has 2 N–H and O–H groups in total. The van der Waals surface area contributed by atoms with E-state index >= 15 is 0 Å². The van der Waals surface area contributed by atoms with Crippen LogP contribution in [0.25, 0.3) is 0 Å². The van der Waals surface area contributed by atoms with Crippen molar-refractivity contribution in [2.45, 2.75) is 19.0 Å². The third kappa shape index (κ3) is 3.84. The summed E-state index contributed by atoms with van der Waals surface area (Å²) in [5.74, 6) is -0.0853. The Morgan fingerprint density at radius 1 is 1.35 bits per heavy atom. The summed E-state index contributed by atoms with van der Waals surface area (Å²) >= 11 is 0. The number of amides is 1. The van der Waals surface area contributed by atoms with E-state index in [0.717, 1.165) is 5.56 Å². The summed E-state index contributed by atoms with van der Waals surface area (Å²) in [5, 5.41) is 12.2. The first-order valence-corrected chi connectivity index (χ1v) is 5.69. The van der Waals surface area contributed by atoms with E-state index < -0.39 is 0 Å². The molecule has 0 aliphatic rings. The van der Waals surface area contributed by atoms with Gasteiger partial charge >= 0.3 is 0 Å². The number of carbonyl (C=O) groups excluding carboxylic acids is 1. The van der Waals surface area contributed by atoms with Gasteiger partial charge in [-0.1, -0.05) is 30.3 Å². The monoisotopic (exact) mass is 236 g/mol. The Kier molecular flexibility index (Phi) is 5.12. The number of nitrogens with one attached hydrogen (secondary N) is 1. The van der Waals surface area contributed by atoms with Gasteiger partial charge in [-0.15, -0.1) is 0 Å². The molecule has 4 heteroatoms. The Hall–Kier alpha value is -1.39. The minimum absolute atomic E-state index is 0.0853. The van der Waals surface area contributed by atoms with Gasteiger partial charge in [0, 0.05) is 0 Å². The van der Waals surface area contributed by atoms with Crippen molar-refractivity contribution in [3.63, 3.8) is 0 Å². The van der Waals surface area contributed by atoms with E-state index in [0.29, 0.717) is 0 Å². The van der Waals surface area contributed by atoms with Crippen LogP contribution in [-0.2, 0) is 4.79 Å². The smallest absolute Gasteiger partial charge is 0.237 e. The molecular formula is C13H20N2O2. The largest absolute Gasteiger partial charge is 0.394 e. The van der Waals surface area contributed by atoms with Crippen molar-refractivity contribution in [2.75, 3.05) is 20.7 Å². The molecule has 0 aliphatic heterocycles. The lowest BCUT2D eigenvalue weighted by atomic mass is 10.1. The minimum atomic E-state index is -0.342. The number of nitrogens with zero attached hydrogens (tertiary/aromatic N) is 1. The zero-order chi connectivity index (χ0) is 12.8. The first kappa shape index (κ1) is 13.7. The third-order valence-electron chi connectivity index (χ3n) is 2.86. The van der Waals surface area contributed by atoms with Crippen LogP contribution in [0.1, 0.15) is 18.5 Å². The molecule has 17 heavy (non-hydrogen) atoms. The predicted octanol–water partition coefficient (Wildman–Crippen LogP) is 0.786. The summed E-state index contributed by atoms with van der Waals surface area (Å²) < 4.78 is 0. The van der Waals surface area contributed by atoms with Crippen molar-refractivity contribution in [3.05, 3.63) is 35.9 Å². The van der Waals surface area contributed by atoms with E-state index in [4.69, 9.17) is 0 Å². The predicted molar refractivity (Wildman–Crippen MR) is 67.6 cm³/mol. The van der Waals surface area contributed by atoms with Crippen molar-refractivity contribution in [1.29, 1.82) is 0 Å². The molecule has 0 fully saturated rings. The van der Waals surface area contributed by atoms with Crippen molar-refractivity contribution >= 4 is 5.91 Å². The maximum atomic E-state index is 11.9. The lowest BCUT2D eigenvalue weighted by Crippen LogP contribution is -2.43. The Morgan fingerprint density at radius 2 is 1.94 bits per heavy atom. The van der Waals surface area contributed by atoms with Gasteiger partial charge in [-0.2, -0.15) is 0 Å². The van der Waals surface area contributed by atoms with E-state index in [2.05, 4.69) is 5.32 Å². The number of hydrogen-bond donors (Lipinski definition) is 2. The highest BCUT2D eigenvalue weighted by molar-refractivity contribution is 5.81. The highest BCUT2D eigenvalue weighted by Gasteiger charge is 2.19. The second kappa shape index (κ2) is 6.37. The Labute approximate surface area is 102 Å². The Bertz CT molecular complexity index is 352. The third-order valence-corrected chi connectivity index (χ3v) is 2.86. The lowest BCUT2D eigenvalue weighted by molar-refractivity contribution is -0.126. The minimum Gasteiger partial charge on any atom is -0.394 e. The van der Waals surface area contributed by atoms with Crippen LogP contribution in [0.5, 0.6) is 0 Å². The molecule has 2 atom stereocenters. The second-order valence-corrected chi connectivity index (χ2v) is 4.29. The summed E-state index contributed by atoms with van der Waals surface area (Å²) in [7, 11) is 3.70. The zero-order valence-electron chi connectivity index (χ0n) is 10.6. The van der Waals surface area contributed by atoms with Gasteiger partial charge in [-0.05, 0) is 26.6 Å². The number of hydrogen-bond acceptors (Lipinski definition) is 3. The van der Waals surface area contributed by atoms with Crippen molar-refractivity contribution < 1.29 is 9.90 Å². The standard InChI is InChI=1S/C13H20N2O2/c1-10(15(2)3)13(17)14-12(9-16)11-7-5-4-6-8-11/h4-8,10,12,16H,9H2,1-3H3,(H,14,17)/t10-,12?/m0/s1. The SMILES string of the molecule is C[C@@H](C(=O)NC(CO)c1ccccc1)N(C)C. The highest BCUT2D eigenvalue weighted by Crippen LogP contribution is 2.11. The molecule has 4 nitrogen and oxygen atoms in total. The second-order valence-electron chi connectivity index (χ2n) is 4.29. The van der Waals surface area contributed by atoms with E-state index in [1.54, 1.807) is 0 Å². The van der Waals surface area contributed by atoms with Gasteiger partial charge in [-0.25, -0.2) is 0 Å². The van der Waals surface area contributed by atoms with Gasteiger partial charge in [0.2, 0.25) is 5.91 Å². The maximum absolute atomic E-state index is 11.9. The Balaban J connectivity index is 2.68. The number of aliphatic hydroxyl groups excluding tert-OH is 1. The van der Waals surface area contributed by atoms with E-state index in [9.17, 15) is 9.90 Å². The summed E-state index contributed by atoms with van der Waals surface area (Å²) in [6, 6.07) is 8.91. The fourth-order valence-electron chi connectivity index (χ4n) is 1.45. The molecular weight excluding hydrogens is 216 g/mol. The normalized spacial score (nSPS) is 14.4. The molecule has 0 radical (unpaired) electrons. The van der Waals surface area contributed by atoms with Crippen LogP contribution in [0, 0.1) is 0 Å². The van der Waals surface area contributed by atoms with Gasteiger partial charge < -0.3 is 10.4 Å². The van der Waals surface area contributed by atoms with Crippen LogP contribution in [0.3, 0.4) is 0 Å². The molecule has 0 saturated carbocycles. The number of carbonyl (C=O) groups is 1. The van der Waals surface area contributed by atoms with Crippen LogP contribution < -0.4 is 5.32 Å². The van der Waals surface area contributed by atoms with Crippen LogP contribution in [0.4, 0.5) is 0 Å². The average molecular weight is 236 g/mol. The number of aliphatic hydroxyl groups is 1. The summed E-state index contributed by atoms with van der Waals surface area (Å²) in [4.78, 5) is 13.7. The van der Waals surface area contributed by atoms with Crippen molar-refractivity contribution in [1.82, 2.24) is 10.2 Å². The molecule has 94 valence electrons. The Morgan fingerprint density at radius 3 is 2.41 bits per heavy atom. The van der Waals surface area contributed by atoms with Gasteiger partial charge in [0.1, 0.15) is 0 Å². The van der Waals surface area contributed by atoms with Gasteiger partial charge in [0.25, 0.3) is 0 Å². The molecule has 0 spiro atoms. The van der Waals surface area contributed by atoms with Gasteiger partial charge in [-0.3, -0.25) is 9.69 Å². The number of rotatable bonds is 5. The summed E-state index contributed by atoms with van der Waals surface area (Å²) in [5.41, 5.74) is 0.911. The van der Waals surface area contributed by atoms with E-state index in [-0.39, 0.29) is 24.6 Å². The molecule has 1 amide bonds. The van der Waals surface area contributed by atoms with Crippen LogP contribution in [0.15, 0.2) is 30.3 Å². The van der Waals surface area contributed by atoms with Crippen LogP contribution in [0.2, 0.25) is 0 Å². The molecule has 0 heterocycles. The summed E-state index contributed by atoms with van der Waals surface area (Å²) in [6.45, 7) is 1.73. The fourth-order valence-corrected chi connectivity index (χ4v) is 1.45. The highest BCUT2D eigenvalue weighted by atomic mass is 16.3. The van der Waals surface area contributed by atoms with E-state index in [1.807, 2.05) is 56.3 Å². The average Bonchev–Trinajstić information content (AvgIpc) is 2.35. The van der Waals surface area contributed by atoms with Gasteiger partial charge in [0.15, 0.2) is 0 Å². The van der Waals surface area contributed by atoms with Crippen molar-refractivity contribution in [2.24, 2.45) is 0 Å². The van der Waals surface area contributed by atoms with Crippen molar-refractivity contribution in [3.8, 4) is 0 Å². The molecule has 1 aromatic carbocycles. The van der Waals surface area contributed by atoms with Crippen LogP contribution in [-0.4, -0.2) is 42.7 Å². The quantitative estimate of drug-likeness (QED) is 0.794. The maximum Gasteiger partial charge on any atom is 0.237 e. The molecule has 0 bridgehead atoms. The van der Waals surface area contributed by atoms with Crippen LogP contribution >= 0.6 is 0 Å². The summed E-state index contributed by atoms with van der Waals surface area (Å²) in [6.07, 6.45) is 0. The number of likely N-dealkylation sites (N-methyl/N-ethyl adjacent to an activating group) is 1. The lowest BCUT2D eigenvalue weighted by Gasteiger charge is -2.23. The first-order valence-electron chi connectivity index (χ1n) is 5.69.